The second-order valence-corrected chi connectivity index (χ2v) is 13.1. The molecule has 0 atom stereocenters. The van der Waals surface area contributed by atoms with Gasteiger partial charge in [0, 0.05) is 42.8 Å². The predicted molar refractivity (Wildman–Crippen MR) is 187 cm³/mol. The first-order valence-electron chi connectivity index (χ1n) is 15.5. The highest BCUT2D eigenvalue weighted by Gasteiger charge is 2.29. The Morgan fingerprint density at radius 1 is 0.830 bits per heavy atom. The molecule has 0 saturated carbocycles. The zero-order valence-electron chi connectivity index (χ0n) is 26.0. The lowest BCUT2D eigenvalue weighted by Crippen LogP contribution is -2.50. The van der Waals surface area contributed by atoms with Crippen LogP contribution in [0.15, 0.2) is 126 Å². The molecule has 0 aliphatic carbocycles. The lowest BCUT2D eigenvalue weighted by atomic mass is 9.96. The molecule has 0 bridgehead atoms. The van der Waals surface area contributed by atoms with Crippen molar-refractivity contribution in [1.29, 1.82) is 0 Å². The number of thiazole rings is 1. The van der Waals surface area contributed by atoms with Crippen LogP contribution in [0.4, 0.5) is 0 Å². The minimum Gasteiger partial charge on any atom is -0.497 e. The summed E-state index contributed by atoms with van der Waals surface area (Å²) >= 11 is 3.06. The van der Waals surface area contributed by atoms with E-state index in [0.29, 0.717) is 24.5 Å². The van der Waals surface area contributed by atoms with Crippen LogP contribution < -0.4 is 4.74 Å². The summed E-state index contributed by atoms with van der Waals surface area (Å²) in [6, 6.07) is 39.3. The van der Waals surface area contributed by atoms with E-state index in [1.807, 2.05) is 64.9 Å². The van der Waals surface area contributed by atoms with E-state index in [-0.39, 0.29) is 11.9 Å². The molecule has 0 unspecified atom stereocenters. The Labute approximate surface area is 282 Å². The third kappa shape index (κ3) is 6.85. The van der Waals surface area contributed by atoms with Gasteiger partial charge in [0.2, 0.25) is 0 Å². The molecule has 4 aromatic carbocycles. The first-order chi connectivity index (χ1) is 23.2. The molecule has 1 saturated heterocycles. The molecule has 0 spiro atoms. The van der Waals surface area contributed by atoms with Crippen molar-refractivity contribution >= 4 is 29.0 Å². The average Bonchev–Trinajstić information content (AvgIpc) is 3.80. The number of amides is 1. The van der Waals surface area contributed by atoms with Gasteiger partial charge in [-0.3, -0.25) is 14.3 Å². The highest BCUT2D eigenvalue weighted by atomic mass is 32.2. The summed E-state index contributed by atoms with van der Waals surface area (Å²) in [5, 5.41) is 12.6. The molecular weight excluding hydrogens is 625 g/mol. The van der Waals surface area contributed by atoms with Crippen molar-refractivity contribution < 1.29 is 9.53 Å². The van der Waals surface area contributed by atoms with Crippen molar-refractivity contribution in [2.75, 3.05) is 33.3 Å². The molecule has 3 heterocycles. The molecule has 7 rings (SSSR count). The van der Waals surface area contributed by atoms with Gasteiger partial charge in [0.1, 0.15) is 16.5 Å². The van der Waals surface area contributed by atoms with Crippen molar-refractivity contribution in [1.82, 2.24) is 29.5 Å². The zero-order chi connectivity index (χ0) is 32.0. The fraction of sp³-hybridized carbons (Fsp3) is 0.189. The monoisotopic (exact) mass is 658 g/mol. The summed E-state index contributed by atoms with van der Waals surface area (Å²) in [5.74, 6) is 2.05. The number of benzene rings is 4. The lowest BCUT2D eigenvalue weighted by Gasteiger charge is -2.39. The number of carbonyl (C=O) groups is 1. The molecule has 1 aliphatic heterocycles. The Kier molecular flexibility index (Phi) is 9.41. The third-order valence-corrected chi connectivity index (χ3v) is 10.2. The number of thioether (sulfide) groups is 1. The Morgan fingerprint density at radius 2 is 1.49 bits per heavy atom. The van der Waals surface area contributed by atoms with Crippen molar-refractivity contribution in [3.63, 3.8) is 0 Å². The first kappa shape index (κ1) is 30.9. The summed E-state index contributed by atoms with van der Waals surface area (Å²) in [5.41, 5.74) is 4.91. The van der Waals surface area contributed by atoms with Crippen molar-refractivity contribution in [2.45, 2.75) is 17.0 Å². The fourth-order valence-electron chi connectivity index (χ4n) is 5.95. The van der Waals surface area contributed by atoms with Gasteiger partial charge in [0.25, 0.3) is 5.91 Å². The van der Waals surface area contributed by atoms with E-state index in [1.54, 1.807) is 18.9 Å². The number of piperazine rings is 1. The number of hydrogen-bond donors (Lipinski definition) is 0. The number of nitrogens with zero attached hydrogens (tertiary/aromatic N) is 6. The molecule has 1 amide bonds. The van der Waals surface area contributed by atoms with E-state index in [4.69, 9.17) is 9.72 Å². The second kappa shape index (κ2) is 14.3. The molecule has 2 aromatic heterocycles. The molecule has 1 fully saturated rings. The largest absolute Gasteiger partial charge is 0.497 e. The molecular formula is C37H34N6O2S2. The van der Waals surface area contributed by atoms with Crippen LogP contribution in [0.5, 0.6) is 5.75 Å². The van der Waals surface area contributed by atoms with Crippen LogP contribution >= 0.6 is 23.1 Å². The number of hydrogen-bond acceptors (Lipinski definition) is 8. The van der Waals surface area contributed by atoms with Crippen LogP contribution in [-0.4, -0.2) is 68.7 Å². The Hall–Kier alpha value is -4.77. The number of aromatic nitrogens is 4. The van der Waals surface area contributed by atoms with Gasteiger partial charge in [0.15, 0.2) is 11.0 Å². The lowest BCUT2D eigenvalue weighted by molar-refractivity contribution is 0.0592. The van der Waals surface area contributed by atoms with Gasteiger partial charge in [-0.25, -0.2) is 4.98 Å². The van der Waals surface area contributed by atoms with E-state index in [1.165, 1.54) is 22.5 Å². The van der Waals surface area contributed by atoms with E-state index < -0.39 is 0 Å². The van der Waals surface area contributed by atoms with E-state index in [0.717, 1.165) is 46.1 Å². The van der Waals surface area contributed by atoms with Crippen LogP contribution in [0.1, 0.15) is 32.7 Å². The smallest absolute Gasteiger partial charge is 0.273 e. The highest BCUT2D eigenvalue weighted by molar-refractivity contribution is 7.98. The van der Waals surface area contributed by atoms with Gasteiger partial charge in [0.05, 0.1) is 18.9 Å². The molecule has 1 aliphatic rings. The van der Waals surface area contributed by atoms with E-state index in [2.05, 4.69) is 80.3 Å². The normalized spacial score (nSPS) is 13.6. The van der Waals surface area contributed by atoms with Gasteiger partial charge in [-0.2, -0.15) is 0 Å². The van der Waals surface area contributed by atoms with Crippen LogP contribution in [0.3, 0.4) is 0 Å². The van der Waals surface area contributed by atoms with Gasteiger partial charge < -0.3 is 9.64 Å². The minimum atomic E-state index is -0.0131. The minimum absolute atomic E-state index is 0.0131. The number of ether oxygens (including phenoxy) is 1. The van der Waals surface area contributed by atoms with Crippen LogP contribution in [0.2, 0.25) is 0 Å². The fourth-order valence-corrected chi connectivity index (χ4v) is 7.69. The van der Waals surface area contributed by atoms with Crippen molar-refractivity contribution in [3.8, 4) is 22.8 Å². The summed E-state index contributed by atoms with van der Waals surface area (Å²) in [6.45, 7) is 2.89. The quantitative estimate of drug-likeness (QED) is 0.144. The van der Waals surface area contributed by atoms with Crippen LogP contribution in [-0.2, 0) is 5.75 Å². The third-order valence-electron chi connectivity index (χ3n) is 8.27. The SMILES string of the molecule is COc1cccc(-c2nnc(SCc3nc(C(=O)N4CCN(C(c5ccccc5)c5ccccc5)CC4)cs3)n2-c2ccccc2)c1. The van der Waals surface area contributed by atoms with E-state index >= 15 is 0 Å². The van der Waals surface area contributed by atoms with Gasteiger partial charge in [-0.05, 0) is 35.4 Å². The number of rotatable bonds is 10. The Bertz CT molecular complexity index is 1880. The van der Waals surface area contributed by atoms with Gasteiger partial charge >= 0.3 is 0 Å². The standard InChI is InChI=1S/C37H34N6O2S2/c1-45-31-19-11-16-29(24-31)35-39-40-37(43(35)30-17-9-4-10-18-30)47-26-33-38-32(25-46-33)36(44)42-22-20-41(21-23-42)34(27-12-5-2-6-13-27)28-14-7-3-8-15-28/h2-19,24-25,34H,20-23,26H2,1H3. The maximum absolute atomic E-state index is 13.6. The maximum atomic E-state index is 13.6. The maximum Gasteiger partial charge on any atom is 0.273 e. The topological polar surface area (TPSA) is 76.4 Å². The highest BCUT2D eigenvalue weighted by Crippen LogP contribution is 2.33. The van der Waals surface area contributed by atoms with Gasteiger partial charge in [-0.15, -0.1) is 21.5 Å². The molecule has 236 valence electrons. The molecule has 0 radical (unpaired) electrons. The number of carbonyl (C=O) groups excluding carboxylic acids is 1. The second-order valence-electron chi connectivity index (χ2n) is 11.2. The Morgan fingerprint density at radius 3 is 2.15 bits per heavy atom. The average molecular weight is 659 g/mol. The van der Waals surface area contributed by atoms with Crippen LogP contribution in [0, 0.1) is 0 Å². The number of para-hydroxylation sites is 1. The molecule has 0 N–H and O–H groups in total. The summed E-state index contributed by atoms with van der Waals surface area (Å²) in [7, 11) is 1.66. The summed E-state index contributed by atoms with van der Waals surface area (Å²) in [6.07, 6.45) is 0. The molecule has 47 heavy (non-hydrogen) atoms. The van der Waals surface area contributed by atoms with Crippen molar-refractivity contribution in [2.24, 2.45) is 0 Å². The van der Waals surface area contributed by atoms with Crippen LogP contribution in [0.25, 0.3) is 17.1 Å². The molecule has 8 nitrogen and oxygen atoms in total. The van der Waals surface area contributed by atoms with Crippen molar-refractivity contribution in [3.05, 3.63) is 142 Å². The molecule has 6 aromatic rings. The Balaban J connectivity index is 1.03. The zero-order valence-corrected chi connectivity index (χ0v) is 27.6. The van der Waals surface area contributed by atoms with E-state index in [9.17, 15) is 4.79 Å². The first-order valence-corrected chi connectivity index (χ1v) is 17.4. The summed E-state index contributed by atoms with van der Waals surface area (Å²) in [4.78, 5) is 22.7. The summed E-state index contributed by atoms with van der Waals surface area (Å²) < 4.78 is 7.50. The predicted octanol–water partition coefficient (Wildman–Crippen LogP) is 7.24. The molecule has 10 heteroatoms. The number of methoxy groups -OCH3 is 1. The van der Waals surface area contributed by atoms with Gasteiger partial charge in [-0.1, -0.05) is 103 Å².